The second-order valence-electron chi connectivity index (χ2n) is 6.63. The number of carbonyl (C=O) groups excluding carboxylic acids is 1. The van der Waals surface area contributed by atoms with Gasteiger partial charge >= 0.3 is 0 Å². The van der Waals surface area contributed by atoms with E-state index in [0.717, 1.165) is 12.8 Å². The Kier molecular flexibility index (Phi) is 4.01. The Morgan fingerprint density at radius 2 is 2.20 bits per heavy atom. The van der Waals surface area contributed by atoms with Gasteiger partial charge in [0.15, 0.2) is 5.69 Å². The van der Waals surface area contributed by atoms with Crippen molar-refractivity contribution in [1.82, 2.24) is 20.3 Å². The molecule has 4 rings (SSSR count). The average molecular weight is 346 g/mol. The number of halogens is 1. The van der Waals surface area contributed by atoms with Crippen molar-refractivity contribution in [1.29, 1.82) is 0 Å². The van der Waals surface area contributed by atoms with Crippen molar-refractivity contribution < 1.29 is 19.0 Å². The minimum absolute atomic E-state index is 0.116. The largest absolute Gasteiger partial charge is 0.392 e. The number of amides is 1. The lowest BCUT2D eigenvalue weighted by atomic mass is 9.58. The summed E-state index contributed by atoms with van der Waals surface area (Å²) in [6.07, 6.45) is 2.90. The molecule has 1 amide bonds. The number of rotatable bonds is 3. The Labute approximate surface area is 143 Å². The summed E-state index contributed by atoms with van der Waals surface area (Å²) in [6, 6.07) is 5.70. The number of carbonyl (C=O) groups is 1. The lowest BCUT2D eigenvalue weighted by molar-refractivity contribution is -0.145. The zero-order valence-corrected chi connectivity index (χ0v) is 13.6. The van der Waals surface area contributed by atoms with Crippen LogP contribution in [0.1, 0.15) is 29.8 Å². The summed E-state index contributed by atoms with van der Waals surface area (Å²) in [4.78, 5) is 12.7. The van der Waals surface area contributed by atoms with Crippen molar-refractivity contribution in [2.75, 3.05) is 13.2 Å². The van der Waals surface area contributed by atoms with Crippen molar-refractivity contribution in [3.8, 4) is 5.69 Å². The summed E-state index contributed by atoms with van der Waals surface area (Å²) >= 11 is 0. The molecule has 0 bridgehead atoms. The zero-order valence-electron chi connectivity index (χ0n) is 13.6. The predicted molar refractivity (Wildman–Crippen MR) is 85.7 cm³/mol. The smallest absolute Gasteiger partial charge is 0.271 e. The van der Waals surface area contributed by atoms with Crippen LogP contribution < -0.4 is 5.32 Å². The fourth-order valence-electron chi connectivity index (χ4n) is 3.82. The molecule has 1 saturated carbocycles. The maximum atomic E-state index is 13.4. The molecule has 2 atom stereocenters. The van der Waals surface area contributed by atoms with Crippen molar-refractivity contribution in [3.05, 3.63) is 42.0 Å². The lowest BCUT2D eigenvalue weighted by Crippen LogP contribution is -2.65. The molecular weight excluding hydrogens is 327 g/mol. The van der Waals surface area contributed by atoms with Crippen molar-refractivity contribution in [3.63, 3.8) is 0 Å². The summed E-state index contributed by atoms with van der Waals surface area (Å²) in [5.41, 5.74) is 0.344. The molecule has 1 aliphatic carbocycles. The molecule has 2 heterocycles. The minimum Gasteiger partial charge on any atom is -0.392 e. The maximum Gasteiger partial charge on any atom is 0.271 e. The van der Waals surface area contributed by atoms with Crippen molar-refractivity contribution in [2.24, 2.45) is 5.41 Å². The average Bonchev–Trinajstić information content (AvgIpc) is 3.12. The number of hydrogen-bond donors (Lipinski definition) is 2. The Morgan fingerprint density at radius 1 is 1.40 bits per heavy atom. The van der Waals surface area contributed by atoms with Crippen molar-refractivity contribution in [2.45, 2.75) is 31.4 Å². The van der Waals surface area contributed by atoms with Gasteiger partial charge in [0.1, 0.15) is 5.82 Å². The number of aliphatic hydroxyl groups excluding tert-OH is 1. The first-order valence-electron chi connectivity index (χ1n) is 8.33. The van der Waals surface area contributed by atoms with E-state index >= 15 is 0 Å². The second-order valence-corrected chi connectivity index (χ2v) is 6.63. The molecule has 1 saturated heterocycles. The number of aromatic nitrogens is 3. The molecule has 0 radical (unpaired) electrons. The van der Waals surface area contributed by atoms with Crippen LogP contribution in [-0.2, 0) is 4.74 Å². The SMILES string of the molecule is O=C(N[C@@H]1C[C@@H](O)C12CCOCC2)c1cnnn1-c1cccc(F)c1. The van der Waals surface area contributed by atoms with Crippen LogP contribution in [0.15, 0.2) is 30.5 Å². The molecule has 2 aromatic rings. The number of ether oxygens (including phenoxy) is 1. The number of nitrogens with zero attached hydrogens (tertiary/aromatic N) is 3. The van der Waals surface area contributed by atoms with Crippen LogP contribution in [-0.4, -0.2) is 51.4 Å². The summed E-state index contributed by atoms with van der Waals surface area (Å²) in [6.45, 7) is 1.18. The van der Waals surface area contributed by atoms with Gasteiger partial charge in [-0.1, -0.05) is 11.3 Å². The number of benzene rings is 1. The highest BCUT2D eigenvalue weighted by molar-refractivity contribution is 5.93. The van der Waals surface area contributed by atoms with Crippen LogP contribution >= 0.6 is 0 Å². The van der Waals surface area contributed by atoms with E-state index in [1.54, 1.807) is 12.1 Å². The first-order valence-corrected chi connectivity index (χ1v) is 8.33. The van der Waals surface area contributed by atoms with Crippen molar-refractivity contribution >= 4 is 5.91 Å². The third kappa shape index (κ3) is 2.71. The number of nitrogens with one attached hydrogen (secondary N) is 1. The lowest BCUT2D eigenvalue weighted by Gasteiger charge is -2.55. The zero-order chi connectivity index (χ0) is 17.4. The van der Waals surface area contributed by atoms with Crippen LogP contribution in [0.4, 0.5) is 4.39 Å². The molecule has 0 unspecified atom stereocenters. The van der Waals surface area contributed by atoms with Gasteiger partial charge in [0, 0.05) is 24.7 Å². The summed E-state index contributed by atoms with van der Waals surface area (Å²) in [5, 5.41) is 20.9. The molecule has 2 fully saturated rings. The highest BCUT2D eigenvalue weighted by Crippen LogP contribution is 2.49. The second kappa shape index (κ2) is 6.20. The van der Waals surface area contributed by atoms with Crippen LogP contribution in [0.3, 0.4) is 0 Å². The van der Waals surface area contributed by atoms with Gasteiger partial charge in [-0.15, -0.1) is 5.10 Å². The Hall–Kier alpha value is -2.32. The fourth-order valence-corrected chi connectivity index (χ4v) is 3.82. The molecule has 1 aliphatic heterocycles. The maximum absolute atomic E-state index is 13.4. The fraction of sp³-hybridized carbons (Fsp3) is 0.471. The molecule has 7 nitrogen and oxygen atoms in total. The van der Waals surface area contributed by atoms with Gasteiger partial charge in [-0.3, -0.25) is 4.79 Å². The van der Waals surface area contributed by atoms with E-state index < -0.39 is 11.9 Å². The van der Waals surface area contributed by atoms with E-state index in [9.17, 15) is 14.3 Å². The Bertz CT molecular complexity index is 788. The third-order valence-corrected chi connectivity index (χ3v) is 5.38. The molecule has 25 heavy (non-hydrogen) atoms. The molecule has 1 aromatic heterocycles. The molecular formula is C17H19FN4O3. The van der Waals surface area contributed by atoms with E-state index in [2.05, 4.69) is 15.6 Å². The van der Waals surface area contributed by atoms with E-state index in [1.165, 1.54) is 23.0 Å². The van der Waals surface area contributed by atoms with Gasteiger partial charge in [-0.2, -0.15) is 0 Å². The normalized spacial score (nSPS) is 24.7. The van der Waals surface area contributed by atoms with Gasteiger partial charge in [-0.25, -0.2) is 9.07 Å². The summed E-state index contributed by atoms with van der Waals surface area (Å²) < 4.78 is 20.1. The Morgan fingerprint density at radius 3 is 2.92 bits per heavy atom. The van der Waals surface area contributed by atoms with Gasteiger partial charge < -0.3 is 15.2 Å². The molecule has 2 N–H and O–H groups in total. The number of aliphatic hydroxyl groups is 1. The van der Waals surface area contributed by atoms with E-state index in [-0.39, 0.29) is 23.1 Å². The van der Waals surface area contributed by atoms with Gasteiger partial charge in [0.25, 0.3) is 5.91 Å². The summed E-state index contributed by atoms with van der Waals surface area (Å²) in [7, 11) is 0. The van der Waals surface area contributed by atoms with Crippen LogP contribution in [0.25, 0.3) is 5.69 Å². The number of hydrogen-bond acceptors (Lipinski definition) is 5. The van der Waals surface area contributed by atoms with Gasteiger partial charge in [-0.05, 0) is 37.5 Å². The monoisotopic (exact) mass is 346 g/mol. The quantitative estimate of drug-likeness (QED) is 0.868. The van der Waals surface area contributed by atoms with E-state index in [1.807, 2.05) is 0 Å². The predicted octanol–water partition coefficient (Wildman–Crippen LogP) is 1.07. The van der Waals surface area contributed by atoms with Crippen LogP contribution in [0.5, 0.6) is 0 Å². The Balaban J connectivity index is 1.54. The highest BCUT2D eigenvalue weighted by atomic mass is 19.1. The van der Waals surface area contributed by atoms with Crippen LogP contribution in [0, 0.1) is 11.2 Å². The minimum atomic E-state index is -0.423. The first-order chi connectivity index (χ1) is 12.1. The van der Waals surface area contributed by atoms with E-state index in [0.29, 0.717) is 25.3 Å². The van der Waals surface area contributed by atoms with Gasteiger partial charge in [0.2, 0.25) is 0 Å². The molecule has 1 aromatic carbocycles. The molecule has 1 spiro atoms. The first kappa shape index (κ1) is 16.2. The highest BCUT2D eigenvalue weighted by Gasteiger charge is 2.55. The molecule has 2 aliphatic rings. The van der Waals surface area contributed by atoms with Crippen LogP contribution in [0.2, 0.25) is 0 Å². The molecule has 8 heteroatoms. The topological polar surface area (TPSA) is 89.3 Å². The summed E-state index contributed by atoms with van der Waals surface area (Å²) in [5.74, 6) is -0.750. The standard InChI is InChI=1S/C17H19FN4O3/c18-11-2-1-3-12(8-11)22-13(10-19-21-22)16(24)20-14-9-15(23)17(14)4-6-25-7-5-17/h1-3,8,10,14-15,23H,4-7,9H2,(H,20,24)/t14-,15-/m1/s1. The molecule has 132 valence electrons. The van der Waals surface area contributed by atoms with Gasteiger partial charge in [0.05, 0.1) is 18.0 Å². The van der Waals surface area contributed by atoms with E-state index in [4.69, 9.17) is 4.74 Å². The third-order valence-electron chi connectivity index (χ3n) is 5.38.